The zero-order valence-electron chi connectivity index (χ0n) is 12.9. The van der Waals surface area contributed by atoms with Gasteiger partial charge in [-0.2, -0.15) is 0 Å². The van der Waals surface area contributed by atoms with Gasteiger partial charge in [-0.1, -0.05) is 23.2 Å². The molecule has 1 N–H and O–H groups in total. The lowest BCUT2D eigenvalue weighted by Gasteiger charge is -2.12. The highest BCUT2D eigenvalue weighted by Crippen LogP contribution is 2.30. The van der Waals surface area contributed by atoms with Crippen molar-refractivity contribution < 1.29 is 19.1 Å². The van der Waals surface area contributed by atoms with Crippen molar-refractivity contribution in [3.05, 3.63) is 51.8 Å². The van der Waals surface area contributed by atoms with Crippen LogP contribution in [0.15, 0.2) is 30.5 Å². The molecule has 0 saturated heterocycles. The maximum Gasteiger partial charge on any atom is 0.341 e. The normalized spacial score (nSPS) is 10.2. The monoisotopic (exact) mass is 368 g/mol. The Morgan fingerprint density at radius 3 is 2.71 bits per heavy atom. The first kappa shape index (κ1) is 18.0. The molecule has 2 aromatic rings. The summed E-state index contributed by atoms with van der Waals surface area (Å²) in [7, 11) is 1.46. The van der Waals surface area contributed by atoms with Crippen LogP contribution in [-0.2, 0) is 9.53 Å². The summed E-state index contributed by atoms with van der Waals surface area (Å²) in [5, 5.41) is 3.13. The van der Waals surface area contributed by atoms with Gasteiger partial charge in [0.25, 0.3) is 5.91 Å². The van der Waals surface area contributed by atoms with Gasteiger partial charge in [-0.25, -0.2) is 9.78 Å². The van der Waals surface area contributed by atoms with Gasteiger partial charge in [-0.05, 0) is 30.7 Å². The van der Waals surface area contributed by atoms with Crippen LogP contribution >= 0.6 is 23.2 Å². The van der Waals surface area contributed by atoms with E-state index in [-0.39, 0.29) is 10.7 Å². The number of halogens is 2. The Morgan fingerprint density at radius 2 is 2.04 bits per heavy atom. The third-order valence-corrected chi connectivity index (χ3v) is 3.78. The van der Waals surface area contributed by atoms with E-state index in [9.17, 15) is 9.59 Å². The van der Waals surface area contributed by atoms with E-state index in [0.717, 1.165) is 5.56 Å². The number of carbonyl (C=O) groups excluding carboxylic acids is 2. The molecule has 0 aliphatic carbocycles. The fourth-order valence-corrected chi connectivity index (χ4v) is 2.21. The number of nitrogens with zero attached hydrogens (tertiary/aromatic N) is 1. The van der Waals surface area contributed by atoms with Crippen molar-refractivity contribution in [3.8, 4) is 5.75 Å². The summed E-state index contributed by atoms with van der Waals surface area (Å²) in [4.78, 5) is 27.6. The van der Waals surface area contributed by atoms with Crippen LogP contribution < -0.4 is 10.1 Å². The zero-order valence-corrected chi connectivity index (χ0v) is 14.4. The molecule has 1 aromatic carbocycles. The summed E-state index contributed by atoms with van der Waals surface area (Å²) in [6.07, 6.45) is 1.45. The summed E-state index contributed by atoms with van der Waals surface area (Å²) in [6, 6.07) is 6.26. The molecular weight excluding hydrogens is 355 g/mol. The van der Waals surface area contributed by atoms with E-state index >= 15 is 0 Å². The minimum Gasteiger partial charge on any atom is -0.495 e. The van der Waals surface area contributed by atoms with Gasteiger partial charge < -0.3 is 14.8 Å². The predicted molar refractivity (Wildman–Crippen MR) is 90.9 cm³/mol. The van der Waals surface area contributed by atoms with Crippen molar-refractivity contribution in [2.24, 2.45) is 0 Å². The second kappa shape index (κ2) is 7.99. The Hall–Kier alpha value is -2.31. The second-order valence-electron chi connectivity index (χ2n) is 4.77. The minimum absolute atomic E-state index is 0.0119. The number of anilines is 1. The first-order chi connectivity index (χ1) is 11.4. The van der Waals surface area contributed by atoms with Crippen LogP contribution in [-0.4, -0.2) is 30.6 Å². The molecule has 126 valence electrons. The molecule has 1 heterocycles. The molecule has 2 rings (SSSR count). The number of carbonyl (C=O) groups is 2. The topological polar surface area (TPSA) is 77.5 Å². The van der Waals surface area contributed by atoms with Gasteiger partial charge in [0.05, 0.1) is 18.4 Å². The van der Waals surface area contributed by atoms with Crippen LogP contribution in [0.2, 0.25) is 10.2 Å². The first-order valence-electron chi connectivity index (χ1n) is 6.84. The zero-order chi connectivity index (χ0) is 17.7. The number of amides is 1. The molecule has 0 spiro atoms. The van der Waals surface area contributed by atoms with Crippen LogP contribution in [0.25, 0.3) is 0 Å². The number of rotatable bonds is 5. The third-order valence-electron chi connectivity index (χ3n) is 3.07. The van der Waals surface area contributed by atoms with E-state index in [1.54, 1.807) is 25.1 Å². The number of esters is 1. The summed E-state index contributed by atoms with van der Waals surface area (Å²) in [5.74, 6) is -0.855. The number of methoxy groups -OCH3 is 1. The molecule has 24 heavy (non-hydrogen) atoms. The van der Waals surface area contributed by atoms with E-state index < -0.39 is 18.5 Å². The molecule has 1 amide bonds. The molecule has 1 aromatic heterocycles. The number of ether oxygens (including phenoxy) is 2. The summed E-state index contributed by atoms with van der Waals surface area (Å²) in [6.45, 7) is 1.32. The number of hydrogen-bond acceptors (Lipinski definition) is 5. The number of aromatic nitrogens is 1. The molecule has 0 aliphatic heterocycles. The quantitative estimate of drug-likeness (QED) is 0.645. The van der Waals surface area contributed by atoms with Crippen molar-refractivity contribution >= 4 is 40.8 Å². The van der Waals surface area contributed by atoms with Gasteiger partial charge in [-0.15, -0.1) is 0 Å². The molecule has 0 atom stereocenters. The van der Waals surface area contributed by atoms with Crippen LogP contribution in [0.4, 0.5) is 5.69 Å². The first-order valence-corrected chi connectivity index (χ1v) is 7.59. The smallest absolute Gasteiger partial charge is 0.341 e. The number of nitrogens with one attached hydrogen (secondary N) is 1. The Bertz CT molecular complexity index is 781. The van der Waals surface area contributed by atoms with Crippen molar-refractivity contribution in [2.75, 3.05) is 19.0 Å². The van der Waals surface area contributed by atoms with Gasteiger partial charge >= 0.3 is 5.97 Å². The average molecular weight is 369 g/mol. The van der Waals surface area contributed by atoms with E-state index in [2.05, 4.69) is 10.3 Å². The van der Waals surface area contributed by atoms with E-state index in [0.29, 0.717) is 16.5 Å². The lowest BCUT2D eigenvalue weighted by molar-refractivity contribution is -0.119. The SMILES string of the molecule is COc1cc(Cl)c(C)cc1NC(=O)COC(=O)c1cccnc1Cl. The van der Waals surface area contributed by atoms with E-state index in [1.807, 2.05) is 0 Å². The second-order valence-corrected chi connectivity index (χ2v) is 5.53. The molecule has 6 nitrogen and oxygen atoms in total. The predicted octanol–water partition coefficient (Wildman–Crippen LogP) is 3.50. The van der Waals surface area contributed by atoms with Gasteiger partial charge in [0.1, 0.15) is 10.9 Å². The molecule has 0 saturated carbocycles. The Labute approximate surface area is 148 Å². The maximum absolute atomic E-state index is 12.0. The fourth-order valence-electron chi connectivity index (χ4n) is 1.86. The van der Waals surface area contributed by atoms with Crippen LogP contribution in [0.5, 0.6) is 5.75 Å². The molecule has 0 bridgehead atoms. The molecule has 0 radical (unpaired) electrons. The molecular formula is C16H14Cl2N2O4. The average Bonchev–Trinajstić information content (AvgIpc) is 2.56. The van der Waals surface area contributed by atoms with Crippen LogP contribution in [0.1, 0.15) is 15.9 Å². The lowest BCUT2D eigenvalue weighted by atomic mass is 10.2. The largest absolute Gasteiger partial charge is 0.495 e. The van der Waals surface area contributed by atoms with Gasteiger partial charge in [-0.3, -0.25) is 4.79 Å². The van der Waals surface area contributed by atoms with Crippen molar-refractivity contribution in [2.45, 2.75) is 6.92 Å². The standard InChI is InChI=1S/C16H14Cl2N2O4/c1-9-6-12(13(23-2)7-11(9)17)20-14(21)8-24-16(22)10-4-3-5-19-15(10)18/h3-7H,8H2,1-2H3,(H,20,21). The summed E-state index contributed by atoms with van der Waals surface area (Å²) >= 11 is 11.8. The van der Waals surface area contributed by atoms with Crippen molar-refractivity contribution in [3.63, 3.8) is 0 Å². The highest BCUT2D eigenvalue weighted by molar-refractivity contribution is 6.32. The Balaban J connectivity index is 2.00. The highest BCUT2D eigenvalue weighted by Gasteiger charge is 2.15. The molecule has 0 fully saturated rings. The lowest BCUT2D eigenvalue weighted by Crippen LogP contribution is -2.21. The van der Waals surface area contributed by atoms with Gasteiger partial charge in [0.15, 0.2) is 6.61 Å². The van der Waals surface area contributed by atoms with Gasteiger partial charge in [0, 0.05) is 17.3 Å². The number of hydrogen-bond donors (Lipinski definition) is 1. The maximum atomic E-state index is 12.0. The fraction of sp³-hybridized carbons (Fsp3) is 0.188. The number of benzene rings is 1. The molecule has 0 aliphatic rings. The number of aryl methyl sites for hydroxylation is 1. The van der Waals surface area contributed by atoms with E-state index in [4.69, 9.17) is 32.7 Å². The van der Waals surface area contributed by atoms with Crippen LogP contribution in [0, 0.1) is 6.92 Å². The van der Waals surface area contributed by atoms with Gasteiger partial charge in [0.2, 0.25) is 0 Å². The Morgan fingerprint density at radius 1 is 1.29 bits per heavy atom. The Kier molecular flexibility index (Phi) is 6.00. The van der Waals surface area contributed by atoms with Crippen molar-refractivity contribution in [1.82, 2.24) is 4.98 Å². The molecule has 0 unspecified atom stereocenters. The summed E-state index contributed by atoms with van der Waals surface area (Å²) in [5.41, 5.74) is 1.29. The third kappa shape index (κ3) is 4.37. The minimum atomic E-state index is -0.734. The van der Waals surface area contributed by atoms with Crippen LogP contribution in [0.3, 0.4) is 0 Å². The van der Waals surface area contributed by atoms with E-state index in [1.165, 1.54) is 19.4 Å². The molecule has 8 heteroatoms. The summed E-state index contributed by atoms with van der Waals surface area (Å²) < 4.78 is 10.1. The van der Waals surface area contributed by atoms with Crippen molar-refractivity contribution in [1.29, 1.82) is 0 Å². The highest BCUT2D eigenvalue weighted by atomic mass is 35.5. The number of pyridine rings is 1.